The van der Waals surface area contributed by atoms with Gasteiger partial charge in [0, 0.05) is 18.8 Å². The molecule has 6 nitrogen and oxygen atoms in total. The van der Waals surface area contributed by atoms with E-state index in [1.165, 1.54) is 5.56 Å². The normalized spacial score (nSPS) is 16.3. The summed E-state index contributed by atoms with van der Waals surface area (Å²) in [5, 5.41) is 3.05. The first-order valence-electron chi connectivity index (χ1n) is 9.65. The van der Waals surface area contributed by atoms with E-state index < -0.39 is 0 Å². The van der Waals surface area contributed by atoms with E-state index in [-0.39, 0.29) is 5.91 Å². The Morgan fingerprint density at radius 2 is 1.85 bits per heavy atom. The molecule has 1 aromatic carbocycles. The zero-order chi connectivity index (χ0) is 19.4. The zero-order valence-corrected chi connectivity index (χ0v) is 16.8. The smallest absolute Gasteiger partial charge is 0.238 e. The second-order valence-electron chi connectivity index (χ2n) is 7.52. The van der Waals surface area contributed by atoms with Crippen molar-refractivity contribution in [3.8, 4) is 0 Å². The lowest BCUT2D eigenvalue weighted by molar-refractivity contribution is -0.117. The van der Waals surface area contributed by atoms with Crippen molar-refractivity contribution >= 4 is 11.6 Å². The van der Waals surface area contributed by atoms with Crippen molar-refractivity contribution in [2.75, 3.05) is 38.0 Å². The molecule has 0 aliphatic carbocycles. The van der Waals surface area contributed by atoms with E-state index in [4.69, 9.17) is 4.42 Å². The van der Waals surface area contributed by atoms with Gasteiger partial charge in [-0.15, -0.1) is 0 Å². The minimum atomic E-state index is 0.0503. The number of hydrogen-bond acceptors (Lipinski definition) is 5. The molecule has 0 unspecified atom stereocenters. The molecule has 0 radical (unpaired) electrons. The summed E-state index contributed by atoms with van der Waals surface area (Å²) in [4.78, 5) is 21.5. The van der Waals surface area contributed by atoms with Gasteiger partial charge in [0.05, 0.1) is 18.8 Å². The van der Waals surface area contributed by atoms with Gasteiger partial charge in [0.25, 0.3) is 0 Å². The van der Waals surface area contributed by atoms with E-state index >= 15 is 0 Å². The summed E-state index contributed by atoms with van der Waals surface area (Å²) >= 11 is 0. The van der Waals surface area contributed by atoms with Gasteiger partial charge in [-0.2, -0.15) is 0 Å². The third-order valence-corrected chi connectivity index (χ3v) is 5.14. The molecule has 1 amide bonds. The van der Waals surface area contributed by atoms with E-state index in [2.05, 4.69) is 33.1 Å². The highest BCUT2D eigenvalue weighted by Crippen LogP contribution is 2.16. The van der Waals surface area contributed by atoms with Crippen molar-refractivity contribution in [3.05, 3.63) is 46.7 Å². The number of carbonyl (C=O) groups is 1. The van der Waals surface area contributed by atoms with Crippen LogP contribution in [0.15, 0.2) is 22.6 Å². The first kappa shape index (κ1) is 19.6. The molecule has 0 saturated carbocycles. The quantitative estimate of drug-likeness (QED) is 0.876. The average Bonchev–Trinajstić information content (AvgIpc) is 2.79. The number of aromatic nitrogens is 1. The number of hydrogen-bond donors (Lipinski definition) is 1. The number of nitrogens with zero attached hydrogens (tertiary/aromatic N) is 3. The maximum Gasteiger partial charge on any atom is 0.238 e. The standard InChI is InChI=1S/C21H30N4O2/c1-15-6-7-19(16(2)12-15)23-20(26)13-24-8-5-9-25(11-10-24)14-21-22-17(3)18(4)27-21/h6-7,12H,5,8-11,13-14H2,1-4H3,(H,23,26). The summed E-state index contributed by atoms with van der Waals surface area (Å²) in [5.41, 5.74) is 4.16. The third-order valence-electron chi connectivity index (χ3n) is 5.14. The van der Waals surface area contributed by atoms with Gasteiger partial charge < -0.3 is 9.73 Å². The molecule has 1 fully saturated rings. The highest BCUT2D eigenvalue weighted by atomic mass is 16.4. The molecule has 0 atom stereocenters. The molecule has 3 rings (SSSR count). The highest BCUT2D eigenvalue weighted by molar-refractivity contribution is 5.93. The van der Waals surface area contributed by atoms with Gasteiger partial charge in [-0.1, -0.05) is 17.7 Å². The highest BCUT2D eigenvalue weighted by Gasteiger charge is 2.19. The number of nitrogens with one attached hydrogen (secondary N) is 1. The van der Waals surface area contributed by atoms with Gasteiger partial charge in [-0.3, -0.25) is 14.6 Å². The van der Waals surface area contributed by atoms with Crippen LogP contribution in [-0.4, -0.2) is 53.4 Å². The Bertz CT molecular complexity index is 780. The minimum absolute atomic E-state index is 0.0503. The van der Waals surface area contributed by atoms with E-state index in [0.29, 0.717) is 6.54 Å². The van der Waals surface area contributed by atoms with E-state index in [1.54, 1.807) is 0 Å². The van der Waals surface area contributed by atoms with Gasteiger partial charge in [0.1, 0.15) is 5.76 Å². The number of rotatable bonds is 5. The lowest BCUT2D eigenvalue weighted by Gasteiger charge is -2.20. The molecule has 1 saturated heterocycles. The summed E-state index contributed by atoms with van der Waals surface area (Å²) in [6.45, 7) is 12.9. The first-order valence-corrected chi connectivity index (χ1v) is 9.65. The summed E-state index contributed by atoms with van der Waals surface area (Å²) in [6.07, 6.45) is 1.04. The summed E-state index contributed by atoms with van der Waals surface area (Å²) in [6, 6.07) is 6.09. The Labute approximate surface area is 161 Å². The Morgan fingerprint density at radius 3 is 2.56 bits per heavy atom. The predicted molar refractivity (Wildman–Crippen MR) is 107 cm³/mol. The Morgan fingerprint density at radius 1 is 1.11 bits per heavy atom. The monoisotopic (exact) mass is 370 g/mol. The van der Waals surface area contributed by atoms with Crippen LogP contribution in [0.2, 0.25) is 0 Å². The molecule has 6 heteroatoms. The fourth-order valence-electron chi connectivity index (χ4n) is 3.49. The van der Waals surface area contributed by atoms with E-state index in [1.807, 2.05) is 32.9 Å². The zero-order valence-electron chi connectivity index (χ0n) is 16.8. The number of amides is 1. The average molecular weight is 370 g/mol. The number of aryl methyl sites for hydroxylation is 4. The van der Waals surface area contributed by atoms with Crippen LogP contribution in [0.25, 0.3) is 0 Å². The van der Waals surface area contributed by atoms with Gasteiger partial charge in [-0.05, 0) is 58.8 Å². The van der Waals surface area contributed by atoms with Crippen molar-refractivity contribution < 1.29 is 9.21 Å². The molecular formula is C21H30N4O2. The summed E-state index contributed by atoms with van der Waals surface area (Å²) < 4.78 is 5.70. The van der Waals surface area contributed by atoms with E-state index in [9.17, 15) is 4.79 Å². The van der Waals surface area contributed by atoms with Gasteiger partial charge in [-0.25, -0.2) is 4.98 Å². The molecule has 1 N–H and O–H groups in total. The second-order valence-corrected chi connectivity index (χ2v) is 7.52. The molecule has 2 aromatic rings. The number of anilines is 1. The first-order chi connectivity index (χ1) is 12.9. The van der Waals surface area contributed by atoms with Crippen molar-refractivity contribution in [2.45, 2.75) is 40.7 Å². The van der Waals surface area contributed by atoms with Gasteiger partial charge >= 0.3 is 0 Å². The number of oxazole rings is 1. The fraction of sp³-hybridized carbons (Fsp3) is 0.524. The largest absolute Gasteiger partial charge is 0.444 e. The van der Waals surface area contributed by atoms with Crippen LogP contribution in [0.3, 0.4) is 0 Å². The molecule has 1 aliphatic rings. The topological polar surface area (TPSA) is 61.6 Å². The van der Waals surface area contributed by atoms with Crippen molar-refractivity contribution in [3.63, 3.8) is 0 Å². The molecule has 0 bridgehead atoms. The van der Waals surface area contributed by atoms with E-state index in [0.717, 1.165) is 67.7 Å². The van der Waals surface area contributed by atoms with Gasteiger partial charge in [0.2, 0.25) is 11.8 Å². The van der Waals surface area contributed by atoms with Crippen LogP contribution in [0.5, 0.6) is 0 Å². The molecule has 1 aromatic heterocycles. The predicted octanol–water partition coefficient (Wildman–Crippen LogP) is 3.05. The lowest BCUT2D eigenvalue weighted by atomic mass is 10.1. The van der Waals surface area contributed by atoms with Crippen LogP contribution in [0.1, 0.15) is 34.9 Å². The maximum atomic E-state index is 12.5. The molecule has 27 heavy (non-hydrogen) atoms. The maximum absolute atomic E-state index is 12.5. The van der Waals surface area contributed by atoms with Crippen molar-refractivity contribution in [1.29, 1.82) is 0 Å². The van der Waals surface area contributed by atoms with Crippen LogP contribution in [0, 0.1) is 27.7 Å². The Kier molecular flexibility index (Phi) is 6.29. The summed E-state index contributed by atoms with van der Waals surface area (Å²) in [7, 11) is 0. The Hall–Kier alpha value is -2.18. The van der Waals surface area contributed by atoms with Crippen molar-refractivity contribution in [2.24, 2.45) is 0 Å². The molecular weight excluding hydrogens is 340 g/mol. The Balaban J connectivity index is 1.49. The van der Waals surface area contributed by atoms with Crippen LogP contribution < -0.4 is 5.32 Å². The van der Waals surface area contributed by atoms with Gasteiger partial charge in [0.15, 0.2) is 0 Å². The molecule has 146 valence electrons. The fourth-order valence-corrected chi connectivity index (χ4v) is 3.49. The molecule has 2 heterocycles. The number of carbonyl (C=O) groups excluding carboxylic acids is 1. The molecule has 0 spiro atoms. The van der Waals surface area contributed by atoms with Crippen LogP contribution in [-0.2, 0) is 11.3 Å². The third kappa shape index (κ3) is 5.40. The van der Waals surface area contributed by atoms with Crippen LogP contribution >= 0.6 is 0 Å². The second kappa shape index (κ2) is 8.67. The lowest BCUT2D eigenvalue weighted by Crippen LogP contribution is -2.36. The summed E-state index contributed by atoms with van der Waals surface area (Å²) in [5.74, 6) is 1.73. The number of benzene rings is 1. The van der Waals surface area contributed by atoms with Crippen LogP contribution in [0.4, 0.5) is 5.69 Å². The van der Waals surface area contributed by atoms with Crippen molar-refractivity contribution in [1.82, 2.24) is 14.8 Å². The minimum Gasteiger partial charge on any atom is -0.444 e. The SMILES string of the molecule is Cc1ccc(NC(=O)CN2CCCN(Cc3nc(C)c(C)o3)CC2)c(C)c1. The molecule has 1 aliphatic heterocycles.